The maximum Gasteiger partial charge on any atom is 0.310 e. The van der Waals surface area contributed by atoms with Gasteiger partial charge in [0.2, 0.25) is 0 Å². The lowest BCUT2D eigenvalue weighted by Crippen LogP contribution is -2.08. The molecular formula is C17H14N2O4. The third kappa shape index (κ3) is 3.21. The molecule has 6 heteroatoms. The van der Waals surface area contributed by atoms with Crippen molar-refractivity contribution >= 4 is 22.6 Å². The van der Waals surface area contributed by atoms with Gasteiger partial charge in [-0.05, 0) is 17.7 Å². The molecule has 0 unspecified atom stereocenters. The van der Waals surface area contributed by atoms with Gasteiger partial charge in [-0.15, -0.1) is 0 Å². The van der Waals surface area contributed by atoms with E-state index in [-0.39, 0.29) is 18.7 Å². The molecule has 0 bridgehead atoms. The molecule has 1 N–H and O–H groups in total. The van der Waals surface area contributed by atoms with Crippen LogP contribution in [0.1, 0.15) is 11.1 Å². The van der Waals surface area contributed by atoms with E-state index in [2.05, 4.69) is 4.98 Å². The molecular weight excluding hydrogens is 296 g/mol. The van der Waals surface area contributed by atoms with Crippen LogP contribution < -0.4 is 0 Å². The summed E-state index contributed by atoms with van der Waals surface area (Å²) in [6, 6.07) is 13.9. The first-order valence-corrected chi connectivity index (χ1v) is 7.08. The fourth-order valence-corrected chi connectivity index (χ4v) is 2.45. The largest absolute Gasteiger partial charge is 0.460 e. The summed E-state index contributed by atoms with van der Waals surface area (Å²) in [6.45, 7) is -0.113. The van der Waals surface area contributed by atoms with Crippen molar-refractivity contribution in [2.24, 2.45) is 0 Å². The van der Waals surface area contributed by atoms with Gasteiger partial charge >= 0.3 is 5.97 Å². The molecule has 0 spiro atoms. The Hall–Kier alpha value is -3.15. The average Bonchev–Trinajstić information content (AvgIpc) is 2.96. The smallest absolute Gasteiger partial charge is 0.310 e. The van der Waals surface area contributed by atoms with E-state index in [9.17, 15) is 14.9 Å². The van der Waals surface area contributed by atoms with Crippen molar-refractivity contribution in [1.29, 1.82) is 0 Å². The second-order valence-corrected chi connectivity index (χ2v) is 5.08. The zero-order chi connectivity index (χ0) is 16.2. The van der Waals surface area contributed by atoms with E-state index < -0.39 is 10.9 Å². The quantitative estimate of drug-likeness (QED) is 0.445. The first kappa shape index (κ1) is 14.8. The van der Waals surface area contributed by atoms with E-state index in [1.807, 2.05) is 24.3 Å². The standard InChI is InChI=1S/C17H14N2O4/c20-17(9-13-10-18-15-7-3-2-6-14(13)15)23-11-12-5-1-4-8-16(12)19(21)22/h1-8,10,18H,9,11H2. The molecule has 0 aliphatic carbocycles. The second kappa shape index (κ2) is 6.31. The predicted octanol–water partition coefficient (Wildman–Crippen LogP) is 3.36. The molecule has 0 amide bonds. The number of esters is 1. The molecule has 0 saturated carbocycles. The summed E-state index contributed by atoms with van der Waals surface area (Å²) in [7, 11) is 0. The number of nitro benzene ring substituents is 1. The monoisotopic (exact) mass is 310 g/mol. The molecule has 6 nitrogen and oxygen atoms in total. The van der Waals surface area contributed by atoms with Crippen molar-refractivity contribution in [1.82, 2.24) is 4.98 Å². The fraction of sp³-hybridized carbons (Fsp3) is 0.118. The van der Waals surface area contributed by atoms with Gasteiger partial charge < -0.3 is 9.72 Å². The SMILES string of the molecule is O=C(Cc1c[nH]c2ccccc12)OCc1ccccc1[N+](=O)[O-]. The highest BCUT2D eigenvalue weighted by molar-refractivity contribution is 5.87. The molecule has 23 heavy (non-hydrogen) atoms. The van der Waals surface area contributed by atoms with Crippen LogP contribution in [0.4, 0.5) is 5.69 Å². The molecule has 0 saturated heterocycles. The Balaban J connectivity index is 1.68. The summed E-state index contributed by atoms with van der Waals surface area (Å²) in [5.41, 5.74) is 2.12. The van der Waals surface area contributed by atoms with Gasteiger partial charge in [0.1, 0.15) is 6.61 Å². The van der Waals surface area contributed by atoms with E-state index in [0.717, 1.165) is 16.5 Å². The Labute approximate surface area is 131 Å². The number of benzene rings is 2. The van der Waals surface area contributed by atoms with Crippen LogP contribution in [0.3, 0.4) is 0 Å². The van der Waals surface area contributed by atoms with Gasteiger partial charge in [-0.2, -0.15) is 0 Å². The number of nitrogens with one attached hydrogen (secondary N) is 1. The number of hydrogen-bond donors (Lipinski definition) is 1. The van der Waals surface area contributed by atoms with Crippen LogP contribution in [-0.2, 0) is 22.6 Å². The van der Waals surface area contributed by atoms with Crippen LogP contribution in [0, 0.1) is 10.1 Å². The van der Waals surface area contributed by atoms with Crippen LogP contribution in [0.15, 0.2) is 54.7 Å². The normalized spacial score (nSPS) is 10.6. The number of hydrogen-bond acceptors (Lipinski definition) is 4. The molecule has 3 rings (SSSR count). The minimum absolute atomic E-state index is 0.0487. The molecule has 1 aromatic heterocycles. The van der Waals surface area contributed by atoms with Crippen LogP contribution in [0.2, 0.25) is 0 Å². The van der Waals surface area contributed by atoms with Crippen molar-refractivity contribution in [2.45, 2.75) is 13.0 Å². The Morgan fingerprint density at radius 1 is 1.09 bits per heavy atom. The summed E-state index contributed by atoms with van der Waals surface area (Å²) < 4.78 is 5.18. The van der Waals surface area contributed by atoms with Gasteiger partial charge in [-0.25, -0.2) is 0 Å². The van der Waals surface area contributed by atoms with E-state index in [1.54, 1.807) is 24.4 Å². The summed E-state index contributed by atoms with van der Waals surface area (Å²) in [6.07, 6.45) is 1.89. The number of carbonyl (C=O) groups is 1. The molecule has 1 heterocycles. The Bertz CT molecular complexity index is 870. The Morgan fingerprint density at radius 2 is 1.83 bits per heavy atom. The van der Waals surface area contributed by atoms with Gasteiger partial charge in [0.15, 0.2) is 0 Å². The van der Waals surface area contributed by atoms with Gasteiger partial charge in [0.05, 0.1) is 16.9 Å². The van der Waals surface area contributed by atoms with Gasteiger partial charge in [0, 0.05) is 23.2 Å². The van der Waals surface area contributed by atoms with E-state index >= 15 is 0 Å². The number of aromatic nitrogens is 1. The number of para-hydroxylation sites is 2. The highest BCUT2D eigenvalue weighted by Gasteiger charge is 2.15. The third-order valence-corrected chi connectivity index (χ3v) is 3.59. The molecule has 0 atom stereocenters. The summed E-state index contributed by atoms with van der Waals surface area (Å²) in [5.74, 6) is -0.423. The van der Waals surface area contributed by atoms with Gasteiger partial charge in [-0.1, -0.05) is 30.3 Å². The number of fused-ring (bicyclic) bond motifs is 1. The zero-order valence-electron chi connectivity index (χ0n) is 12.2. The first-order chi connectivity index (χ1) is 11.1. The predicted molar refractivity (Wildman–Crippen MR) is 84.9 cm³/mol. The summed E-state index contributed by atoms with van der Waals surface area (Å²) in [4.78, 5) is 25.5. The first-order valence-electron chi connectivity index (χ1n) is 7.08. The molecule has 0 fully saturated rings. The van der Waals surface area contributed by atoms with Gasteiger partial charge in [-0.3, -0.25) is 14.9 Å². The number of rotatable bonds is 5. The number of aromatic amines is 1. The number of ether oxygens (including phenoxy) is 1. The van der Waals surface area contributed by atoms with Crippen LogP contribution in [-0.4, -0.2) is 15.9 Å². The minimum Gasteiger partial charge on any atom is -0.460 e. The maximum absolute atomic E-state index is 12.0. The molecule has 3 aromatic rings. The number of nitro groups is 1. The summed E-state index contributed by atoms with van der Waals surface area (Å²) >= 11 is 0. The molecule has 0 radical (unpaired) electrons. The van der Waals surface area contributed by atoms with Crippen LogP contribution in [0.25, 0.3) is 10.9 Å². The van der Waals surface area contributed by atoms with E-state index in [4.69, 9.17) is 4.74 Å². The lowest BCUT2D eigenvalue weighted by atomic mass is 10.1. The average molecular weight is 310 g/mol. The van der Waals surface area contributed by atoms with Crippen LogP contribution in [0.5, 0.6) is 0 Å². The molecule has 0 aliphatic rings. The summed E-state index contributed by atoms with van der Waals surface area (Å²) in [5, 5.41) is 11.9. The van der Waals surface area contributed by atoms with Crippen molar-refractivity contribution in [3.05, 3.63) is 76.0 Å². The number of carbonyl (C=O) groups excluding carboxylic acids is 1. The lowest BCUT2D eigenvalue weighted by molar-refractivity contribution is -0.385. The maximum atomic E-state index is 12.0. The Kier molecular flexibility index (Phi) is 4.05. The second-order valence-electron chi connectivity index (χ2n) is 5.08. The van der Waals surface area contributed by atoms with E-state index in [0.29, 0.717) is 5.56 Å². The van der Waals surface area contributed by atoms with Crippen molar-refractivity contribution in [3.8, 4) is 0 Å². The third-order valence-electron chi connectivity index (χ3n) is 3.59. The highest BCUT2D eigenvalue weighted by Crippen LogP contribution is 2.20. The number of nitrogens with zero attached hydrogens (tertiary/aromatic N) is 1. The van der Waals surface area contributed by atoms with Crippen molar-refractivity contribution in [3.63, 3.8) is 0 Å². The van der Waals surface area contributed by atoms with Crippen molar-refractivity contribution in [2.75, 3.05) is 0 Å². The zero-order valence-corrected chi connectivity index (χ0v) is 12.2. The van der Waals surface area contributed by atoms with Crippen LogP contribution >= 0.6 is 0 Å². The number of H-pyrrole nitrogens is 1. The van der Waals surface area contributed by atoms with Crippen molar-refractivity contribution < 1.29 is 14.5 Å². The lowest BCUT2D eigenvalue weighted by Gasteiger charge is -2.05. The fourth-order valence-electron chi connectivity index (χ4n) is 2.45. The highest BCUT2D eigenvalue weighted by atomic mass is 16.6. The molecule has 116 valence electrons. The topological polar surface area (TPSA) is 85.2 Å². The Morgan fingerprint density at radius 3 is 2.65 bits per heavy atom. The molecule has 2 aromatic carbocycles. The minimum atomic E-state index is -0.483. The van der Waals surface area contributed by atoms with E-state index in [1.165, 1.54) is 6.07 Å². The van der Waals surface area contributed by atoms with Gasteiger partial charge in [0.25, 0.3) is 5.69 Å². The molecule has 0 aliphatic heterocycles.